The van der Waals surface area contributed by atoms with Crippen LogP contribution in [-0.4, -0.2) is 54.1 Å². The van der Waals surface area contributed by atoms with Crippen molar-refractivity contribution in [3.05, 3.63) is 0 Å². The van der Waals surface area contributed by atoms with Gasteiger partial charge in [-0.05, 0) is 6.92 Å². The Kier molecular flexibility index (Phi) is 3.22. The van der Waals surface area contributed by atoms with Crippen LogP contribution in [0.3, 0.4) is 0 Å². The molecule has 0 aromatic carbocycles. The molecule has 1 rings (SSSR count). The zero-order chi connectivity index (χ0) is 10.7. The van der Waals surface area contributed by atoms with E-state index in [4.69, 9.17) is 0 Å². The van der Waals surface area contributed by atoms with Crippen LogP contribution < -0.4 is 0 Å². The third-order valence-electron chi connectivity index (χ3n) is 2.16. The predicted octanol–water partition coefficient (Wildman–Crippen LogP) is -0.734. The normalized spacial score (nSPS) is 18.4. The lowest BCUT2D eigenvalue weighted by molar-refractivity contribution is -0.136. The number of likely N-dealkylation sites (N-methyl/N-ethyl adjacent to an activating group) is 1. The third-order valence-corrected chi connectivity index (χ3v) is 2.16. The molecular weight excluding hydrogens is 184 g/mol. The molecule has 5 heteroatoms. The summed E-state index contributed by atoms with van der Waals surface area (Å²) >= 11 is 0. The number of carbonyl (C=O) groups excluding carboxylic acids is 3. The number of hydrogen-bond donors (Lipinski definition) is 0. The van der Waals surface area contributed by atoms with Crippen molar-refractivity contribution in [2.75, 3.05) is 26.7 Å². The second-order valence-corrected chi connectivity index (χ2v) is 3.52. The Bertz CT molecular complexity index is 275. The highest BCUT2D eigenvalue weighted by Gasteiger charge is 2.24. The van der Waals surface area contributed by atoms with Crippen molar-refractivity contribution in [2.45, 2.75) is 13.3 Å². The van der Waals surface area contributed by atoms with Gasteiger partial charge in [-0.25, -0.2) is 0 Å². The van der Waals surface area contributed by atoms with Crippen molar-refractivity contribution in [1.82, 2.24) is 9.80 Å². The Balaban J connectivity index is 2.65. The minimum Gasteiger partial charge on any atom is -0.336 e. The summed E-state index contributed by atoms with van der Waals surface area (Å²) in [6.07, 6.45) is 0.301. The van der Waals surface area contributed by atoms with Gasteiger partial charge in [0.25, 0.3) is 0 Å². The minimum atomic E-state index is -0.159. The van der Waals surface area contributed by atoms with E-state index in [1.54, 1.807) is 7.05 Å². The average Bonchev–Trinajstić information content (AvgIpc) is 2.18. The molecule has 1 aliphatic rings. The molecule has 0 atom stereocenters. The van der Waals surface area contributed by atoms with Gasteiger partial charge in [-0.15, -0.1) is 0 Å². The molecule has 2 amide bonds. The number of rotatable bonds is 2. The lowest BCUT2D eigenvalue weighted by Gasteiger charge is -2.18. The van der Waals surface area contributed by atoms with Crippen LogP contribution in [0.1, 0.15) is 13.3 Å². The van der Waals surface area contributed by atoms with E-state index in [-0.39, 0.29) is 30.7 Å². The number of Topliss-reactive ketones (excluding diaryl/α,β-unsaturated/α-hetero) is 1. The number of amides is 2. The maximum absolute atomic E-state index is 11.5. The van der Waals surface area contributed by atoms with Crippen LogP contribution in [-0.2, 0) is 14.4 Å². The number of carbonyl (C=O) groups is 3. The maximum atomic E-state index is 11.5. The number of ketones is 1. The summed E-state index contributed by atoms with van der Waals surface area (Å²) < 4.78 is 0. The monoisotopic (exact) mass is 198 g/mol. The van der Waals surface area contributed by atoms with Gasteiger partial charge in [0, 0.05) is 20.0 Å². The molecule has 1 aliphatic heterocycles. The molecule has 0 unspecified atom stereocenters. The molecule has 0 aromatic heterocycles. The van der Waals surface area contributed by atoms with Crippen molar-refractivity contribution >= 4 is 17.6 Å². The summed E-state index contributed by atoms with van der Waals surface area (Å²) in [7, 11) is 1.59. The molecule has 0 aliphatic carbocycles. The van der Waals surface area contributed by atoms with E-state index in [1.165, 1.54) is 16.7 Å². The Morgan fingerprint density at radius 3 is 2.57 bits per heavy atom. The smallest absolute Gasteiger partial charge is 0.242 e. The largest absolute Gasteiger partial charge is 0.336 e. The molecule has 1 fully saturated rings. The van der Waals surface area contributed by atoms with Gasteiger partial charge in [-0.1, -0.05) is 0 Å². The van der Waals surface area contributed by atoms with Gasteiger partial charge in [-0.3, -0.25) is 14.4 Å². The zero-order valence-electron chi connectivity index (χ0n) is 8.45. The predicted molar refractivity (Wildman–Crippen MR) is 49.5 cm³/mol. The summed E-state index contributed by atoms with van der Waals surface area (Å²) in [5.41, 5.74) is 0. The Labute approximate surface area is 82.7 Å². The molecular formula is C9H14N2O3. The molecule has 1 saturated heterocycles. The van der Waals surface area contributed by atoms with E-state index >= 15 is 0 Å². The van der Waals surface area contributed by atoms with Crippen LogP contribution in [0.2, 0.25) is 0 Å². The van der Waals surface area contributed by atoms with Gasteiger partial charge < -0.3 is 9.80 Å². The van der Waals surface area contributed by atoms with Crippen molar-refractivity contribution in [3.63, 3.8) is 0 Å². The highest BCUT2D eigenvalue weighted by atomic mass is 16.2. The van der Waals surface area contributed by atoms with Crippen LogP contribution in [0.5, 0.6) is 0 Å². The second-order valence-electron chi connectivity index (χ2n) is 3.52. The van der Waals surface area contributed by atoms with Gasteiger partial charge in [0.15, 0.2) is 0 Å². The van der Waals surface area contributed by atoms with Gasteiger partial charge in [-0.2, -0.15) is 0 Å². The van der Waals surface area contributed by atoms with E-state index in [0.717, 1.165) is 0 Å². The summed E-state index contributed by atoms with van der Waals surface area (Å²) in [5, 5.41) is 0. The van der Waals surface area contributed by atoms with Crippen LogP contribution in [0.25, 0.3) is 0 Å². The lowest BCUT2D eigenvalue weighted by Crippen LogP contribution is -2.38. The number of nitrogens with zero attached hydrogens (tertiary/aromatic N) is 2. The van der Waals surface area contributed by atoms with Crippen LogP contribution >= 0.6 is 0 Å². The third kappa shape index (κ3) is 2.55. The molecule has 14 heavy (non-hydrogen) atoms. The maximum Gasteiger partial charge on any atom is 0.242 e. The topological polar surface area (TPSA) is 57.7 Å². The quantitative estimate of drug-likeness (QED) is 0.587. The fourth-order valence-electron chi connectivity index (χ4n) is 1.37. The molecule has 78 valence electrons. The van der Waals surface area contributed by atoms with E-state index < -0.39 is 0 Å². The van der Waals surface area contributed by atoms with E-state index in [0.29, 0.717) is 13.0 Å². The van der Waals surface area contributed by atoms with Crippen LogP contribution in [0.4, 0.5) is 0 Å². The first-order valence-corrected chi connectivity index (χ1v) is 4.52. The molecule has 0 radical (unpaired) electrons. The summed E-state index contributed by atoms with van der Waals surface area (Å²) in [4.78, 5) is 36.4. The van der Waals surface area contributed by atoms with Crippen molar-refractivity contribution in [3.8, 4) is 0 Å². The Morgan fingerprint density at radius 2 is 2.00 bits per heavy atom. The lowest BCUT2D eigenvalue weighted by atomic mass is 10.3. The highest BCUT2D eigenvalue weighted by molar-refractivity contribution is 5.90. The van der Waals surface area contributed by atoms with Gasteiger partial charge in [0.2, 0.25) is 11.8 Å². The molecule has 0 N–H and O–H groups in total. The molecule has 0 saturated carbocycles. The summed E-state index contributed by atoms with van der Waals surface area (Å²) in [6, 6.07) is 0. The fraction of sp³-hybridized carbons (Fsp3) is 0.667. The van der Waals surface area contributed by atoms with Gasteiger partial charge in [0.1, 0.15) is 5.78 Å². The average molecular weight is 198 g/mol. The molecule has 5 nitrogen and oxygen atoms in total. The van der Waals surface area contributed by atoms with Gasteiger partial charge >= 0.3 is 0 Å². The zero-order valence-corrected chi connectivity index (χ0v) is 8.45. The van der Waals surface area contributed by atoms with Crippen molar-refractivity contribution in [1.29, 1.82) is 0 Å². The van der Waals surface area contributed by atoms with E-state index in [9.17, 15) is 14.4 Å². The minimum absolute atomic E-state index is 0.0515. The number of hydrogen-bond acceptors (Lipinski definition) is 3. The fourth-order valence-corrected chi connectivity index (χ4v) is 1.37. The van der Waals surface area contributed by atoms with Crippen molar-refractivity contribution < 1.29 is 14.4 Å². The Morgan fingerprint density at radius 1 is 1.36 bits per heavy atom. The molecule has 0 aromatic rings. The van der Waals surface area contributed by atoms with Crippen LogP contribution in [0.15, 0.2) is 0 Å². The first kappa shape index (κ1) is 10.7. The summed E-state index contributed by atoms with van der Waals surface area (Å²) in [5.74, 6) is -0.270. The SMILES string of the molecule is CC(=O)CN1CCC(=O)N(C)CC1=O. The van der Waals surface area contributed by atoms with E-state index in [2.05, 4.69) is 0 Å². The Hall–Kier alpha value is -1.39. The summed E-state index contributed by atoms with van der Waals surface area (Å²) in [6.45, 7) is 1.97. The first-order valence-electron chi connectivity index (χ1n) is 4.52. The van der Waals surface area contributed by atoms with Gasteiger partial charge in [0.05, 0.1) is 13.1 Å². The second kappa shape index (κ2) is 4.21. The van der Waals surface area contributed by atoms with Crippen LogP contribution in [0, 0.1) is 0 Å². The van der Waals surface area contributed by atoms with Crippen molar-refractivity contribution in [2.24, 2.45) is 0 Å². The standard InChI is InChI=1S/C9H14N2O3/c1-7(12)5-11-4-3-8(13)10(2)6-9(11)14/h3-6H2,1-2H3. The first-order chi connectivity index (χ1) is 6.50. The molecule has 0 bridgehead atoms. The van der Waals surface area contributed by atoms with E-state index in [1.807, 2.05) is 0 Å². The molecule has 1 heterocycles. The highest BCUT2D eigenvalue weighted by Crippen LogP contribution is 2.03. The molecule has 0 spiro atoms.